The molecular formula is C13H16BrN3OS. The number of anilines is 1. The van der Waals surface area contributed by atoms with Crippen molar-refractivity contribution >= 4 is 38.9 Å². The summed E-state index contributed by atoms with van der Waals surface area (Å²) in [5, 5.41) is 9.23. The molecule has 4 nitrogen and oxygen atoms in total. The molecule has 2 heterocycles. The third-order valence-electron chi connectivity index (χ3n) is 2.88. The molecule has 0 aliphatic carbocycles. The molecule has 102 valence electrons. The number of hydrogen-bond donors (Lipinski definition) is 1. The Labute approximate surface area is 125 Å². The largest absolute Gasteiger partial charge is 0.319 e. The highest BCUT2D eigenvalue weighted by Gasteiger charge is 2.17. The molecule has 0 radical (unpaired) electrons. The molecule has 0 aromatic carbocycles. The van der Waals surface area contributed by atoms with Crippen LogP contribution in [-0.2, 0) is 0 Å². The van der Waals surface area contributed by atoms with Crippen molar-refractivity contribution in [1.82, 2.24) is 9.78 Å². The van der Waals surface area contributed by atoms with Crippen molar-refractivity contribution in [2.75, 3.05) is 5.32 Å². The lowest BCUT2D eigenvalue weighted by molar-refractivity contribution is 0.102. The molecule has 0 bridgehead atoms. The molecule has 0 fully saturated rings. The maximum atomic E-state index is 12.1. The van der Waals surface area contributed by atoms with Crippen molar-refractivity contribution in [3.8, 4) is 0 Å². The first-order valence-electron chi connectivity index (χ1n) is 6.01. The first kappa shape index (κ1) is 14.3. The first-order chi connectivity index (χ1) is 8.90. The van der Waals surface area contributed by atoms with Crippen molar-refractivity contribution in [3.63, 3.8) is 0 Å². The van der Waals surface area contributed by atoms with Crippen molar-refractivity contribution < 1.29 is 4.79 Å². The van der Waals surface area contributed by atoms with E-state index >= 15 is 0 Å². The summed E-state index contributed by atoms with van der Waals surface area (Å²) in [7, 11) is 0. The zero-order chi connectivity index (χ0) is 14.2. The van der Waals surface area contributed by atoms with E-state index in [1.165, 1.54) is 11.3 Å². The van der Waals surface area contributed by atoms with Gasteiger partial charge in [0.05, 0.1) is 26.4 Å². The van der Waals surface area contributed by atoms with Gasteiger partial charge < -0.3 is 5.32 Å². The lowest BCUT2D eigenvalue weighted by atomic mass is 10.2. The number of aromatic nitrogens is 2. The van der Waals surface area contributed by atoms with Crippen molar-refractivity contribution in [3.05, 3.63) is 32.2 Å². The van der Waals surface area contributed by atoms with Gasteiger partial charge in [0.25, 0.3) is 5.91 Å². The maximum Gasteiger partial charge on any atom is 0.256 e. The normalized spacial score (nSPS) is 11.1. The second-order valence-corrected chi connectivity index (χ2v) is 6.97. The SMILES string of the molecule is Cc1nn(C(C)C)c(C)c1NC(=O)c1csc(Br)c1. The highest BCUT2D eigenvalue weighted by atomic mass is 79.9. The molecule has 0 unspecified atom stereocenters. The number of aryl methyl sites for hydroxylation is 1. The summed E-state index contributed by atoms with van der Waals surface area (Å²) >= 11 is 4.86. The van der Waals surface area contributed by atoms with Gasteiger partial charge >= 0.3 is 0 Å². The second-order valence-electron chi connectivity index (χ2n) is 4.68. The van der Waals surface area contributed by atoms with Gasteiger partial charge in [0, 0.05) is 11.4 Å². The minimum absolute atomic E-state index is 0.101. The second kappa shape index (κ2) is 5.46. The van der Waals surface area contributed by atoms with Gasteiger partial charge in [-0.1, -0.05) is 0 Å². The summed E-state index contributed by atoms with van der Waals surface area (Å²) in [4.78, 5) is 12.1. The lowest BCUT2D eigenvalue weighted by Crippen LogP contribution is -2.12. The molecule has 1 N–H and O–H groups in total. The number of hydrogen-bond acceptors (Lipinski definition) is 3. The zero-order valence-corrected chi connectivity index (χ0v) is 13.7. The van der Waals surface area contributed by atoms with Gasteiger partial charge in [-0.2, -0.15) is 5.10 Å². The third kappa shape index (κ3) is 2.90. The van der Waals surface area contributed by atoms with Crippen LogP contribution in [0.2, 0.25) is 0 Å². The number of carbonyl (C=O) groups excluding carboxylic acids is 1. The fourth-order valence-electron chi connectivity index (χ4n) is 1.96. The number of nitrogens with one attached hydrogen (secondary N) is 1. The lowest BCUT2D eigenvalue weighted by Gasteiger charge is -2.09. The van der Waals surface area contributed by atoms with Crippen molar-refractivity contribution in [2.45, 2.75) is 33.7 Å². The van der Waals surface area contributed by atoms with E-state index in [-0.39, 0.29) is 11.9 Å². The van der Waals surface area contributed by atoms with Crippen LogP contribution in [0.15, 0.2) is 15.2 Å². The van der Waals surface area contributed by atoms with Crippen LogP contribution in [-0.4, -0.2) is 15.7 Å². The number of rotatable bonds is 3. The highest BCUT2D eigenvalue weighted by molar-refractivity contribution is 9.11. The van der Waals surface area contributed by atoms with Gasteiger partial charge in [0.2, 0.25) is 0 Å². The topological polar surface area (TPSA) is 46.9 Å². The smallest absolute Gasteiger partial charge is 0.256 e. The molecule has 2 aromatic heterocycles. The van der Waals surface area contributed by atoms with Crippen LogP contribution in [0, 0.1) is 13.8 Å². The summed E-state index contributed by atoms with van der Waals surface area (Å²) in [5.74, 6) is -0.101. The zero-order valence-electron chi connectivity index (χ0n) is 11.3. The Morgan fingerprint density at radius 3 is 2.63 bits per heavy atom. The fraction of sp³-hybridized carbons (Fsp3) is 0.385. The Hall–Kier alpha value is -1.14. The predicted octanol–water partition coefficient (Wildman–Crippen LogP) is 4.16. The fourth-order valence-corrected chi connectivity index (χ4v) is 3.10. The molecule has 0 atom stereocenters. The Kier molecular flexibility index (Phi) is 4.10. The van der Waals surface area contributed by atoms with Crippen LogP contribution >= 0.6 is 27.3 Å². The Morgan fingerprint density at radius 2 is 2.16 bits per heavy atom. The van der Waals surface area contributed by atoms with Gasteiger partial charge in [-0.3, -0.25) is 9.48 Å². The molecule has 19 heavy (non-hydrogen) atoms. The summed E-state index contributed by atoms with van der Waals surface area (Å²) in [6.07, 6.45) is 0. The molecule has 1 amide bonds. The molecule has 0 saturated carbocycles. The van der Waals surface area contributed by atoms with E-state index in [2.05, 4.69) is 40.2 Å². The van der Waals surface area contributed by atoms with Gasteiger partial charge in [0.15, 0.2) is 0 Å². The van der Waals surface area contributed by atoms with E-state index in [4.69, 9.17) is 0 Å². The van der Waals surface area contributed by atoms with E-state index in [0.29, 0.717) is 5.56 Å². The van der Waals surface area contributed by atoms with E-state index in [1.807, 2.05) is 30.0 Å². The van der Waals surface area contributed by atoms with E-state index in [1.54, 1.807) is 0 Å². The standard InChI is InChI=1S/C13H16BrN3OS/c1-7(2)17-9(4)12(8(3)16-17)15-13(18)10-5-11(14)19-6-10/h5-7H,1-4H3,(H,15,18). The first-order valence-corrected chi connectivity index (χ1v) is 7.68. The summed E-state index contributed by atoms with van der Waals surface area (Å²) in [6, 6.07) is 2.09. The molecule has 0 spiro atoms. The number of nitrogens with zero attached hydrogens (tertiary/aromatic N) is 2. The monoisotopic (exact) mass is 341 g/mol. The van der Waals surface area contributed by atoms with Gasteiger partial charge in [-0.25, -0.2) is 0 Å². The average Bonchev–Trinajstić information content (AvgIpc) is 2.87. The predicted molar refractivity (Wildman–Crippen MR) is 82.1 cm³/mol. The van der Waals surface area contributed by atoms with Crippen LogP contribution in [0.3, 0.4) is 0 Å². The maximum absolute atomic E-state index is 12.1. The summed E-state index contributed by atoms with van der Waals surface area (Å²) in [6.45, 7) is 8.02. The number of carbonyl (C=O) groups is 1. The van der Waals surface area contributed by atoms with Gasteiger partial charge in [-0.15, -0.1) is 11.3 Å². The molecule has 0 saturated heterocycles. The Morgan fingerprint density at radius 1 is 1.47 bits per heavy atom. The van der Waals surface area contributed by atoms with Crippen LogP contribution in [0.25, 0.3) is 0 Å². The third-order valence-corrected chi connectivity index (χ3v) is 4.39. The minimum atomic E-state index is -0.101. The van der Waals surface area contributed by atoms with Crippen LogP contribution < -0.4 is 5.32 Å². The number of thiophene rings is 1. The van der Waals surface area contributed by atoms with Gasteiger partial charge in [0.1, 0.15) is 0 Å². The van der Waals surface area contributed by atoms with Crippen molar-refractivity contribution in [2.24, 2.45) is 0 Å². The van der Waals surface area contributed by atoms with Crippen LogP contribution in [0.4, 0.5) is 5.69 Å². The quantitative estimate of drug-likeness (QED) is 0.911. The molecule has 6 heteroatoms. The number of halogens is 1. The average molecular weight is 342 g/mol. The Bertz CT molecular complexity index is 615. The minimum Gasteiger partial charge on any atom is -0.319 e. The molecule has 2 rings (SSSR count). The van der Waals surface area contributed by atoms with Gasteiger partial charge in [-0.05, 0) is 49.7 Å². The molecule has 0 aliphatic rings. The summed E-state index contributed by atoms with van der Waals surface area (Å²) in [5.41, 5.74) is 3.29. The summed E-state index contributed by atoms with van der Waals surface area (Å²) < 4.78 is 2.87. The van der Waals surface area contributed by atoms with E-state index in [0.717, 1.165) is 20.9 Å². The van der Waals surface area contributed by atoms with Crippen LogP contribution in [0.5, 0.6) is 0 Å². The van der Waals surface area contributed by atoms with Crippen LogP contribution in [0.1, 0.15) is 41.6 Å². The van der Waals surface area contributed by atoms with E-state index in [9.17, 15) is 4.79 Å². The molecule has 2 aromatic rings. The number of amides is 1. The molecular weight excluding hydrogens is 326 g/mol. The highest BCUT2D eigenvalue weighted by Crippen LogP contribution is 2.25. The Balaban J connectivity index is 2.26. The molecule has 0 aliphatic heterocycles. The van der Waals surface area contributed by atoms with Crippen molar-refractivity contribution in [1.29, 1.82) is 0 Å². The van der Waals surface area contributed by atoms with E-state index < -0.39 is 0 Å².